The Labute approximate surface area is 154 Å². The second-order valence-corrected chi connectivity index (χ2v) is 8.30. The molecule has 3 heterocycles. The SMILES string of the molecule is CN1N=C(C(=O)N2CCC[C@@H](Cn3cc(C(C)(C)C)nn3)C2)CCC1=O. The molecule has 0 unspecified atom stereocenters. The van der Waals surface area contributed by atoms with E-state index in [-0.39, 0.29) is 17.2 Å². The van der Waals surface area contributed by atoms with Gasteiger partial charge in [-0.05, 0) is 18.8 Å². The lowest BCUT2D eigenvalue weighted by Crippen LogP contribution is -2.46. The van der Waals surface area contributed by atoms with Crippen molar-refractivity contribution >= 4 is 17.5 Å². The highest BCUT2D eigenvalue weighted by Crippen LogP contribution is 2.22. The normalized spacial score (nSPS) is 21.8. The summed E-state index contributed by atoms with van der Waals surface area (Å²) >= 11 is 0. The molecule has 0 spiro atoms. The van der Waals surface area contributed by atoms with E-state index in [0.717, 1.165) is 31.6 Å². The number of likely N-dealkylation sites (tertiary alicyclic amines) is 1. The van der Waals surface area contributed by atoms with E-state index < -0.39 is 0 Å². The van der Waals surface area contributed by atoms with Gasteiger partial charge in [0.15, 0.2) is 0 Å². The molecule has 1 saturated heterocycles. The number of hydrogen-bond donors (Lipinski definition) is 0. The van der Waals surface area contributed by atoms with Crippen molar-refractivity contribution in [1.29, 1.82) is 0 Å². The summed E-state index contributed by atoms with van der Waals surface area (Å²) in [5.41, 5.74) is 1.45. The van der Waals surface area contributed by atoms with Crippen LogP contribution < -0.4 is 0 Å². The van der Waals surface area contributed by atoms with Crippen molar-refractivity contribution in [3.8, 4) is 0 Å². The van der Waals surface area contributed by atoms with E-state index in [1.54, 1.807) is 7.05 Å². The fraction of sp³-hybridized carbons (Fsp3) is 0.722. The third-order valence-corrected chi connectivity index (χ3v) is 5.01. The zero-order valence-corrected chi connectivity index (χ0v) is 16.1. The second-order valence-electron chi connectivity index (χ2n) is 8.30. The molecule has 2 amide bonds. The van der Waals surface area contributed by atoms with Crippen molar-refractivity contribution in [3.63, 3.8) is 0 Å². The van der Waals surface area contributed by atoms with Gasteiger partial charge < -0.3 is 4.90 Å². The maximum Gasteiger partial charge on any atom is 0.270 e. The van der Waals surface area contributed by atoms with Crippen molar-refractivity contribution < 1.29 is 9.59 Å². The van der Waals surface area contributed by atoms with Crippen LogP contribution in [0.2, 0.25) is 0 Å². The van der Waals surface area contributed by atoms with E-state index >= 15 is 0 Å². The van der Waals surface area contributed by atoms with E-state index in [9.17, 15) is 9.59 Å². The summed E-state index contributed by atoms with van der Waals surface area (Å²) in [7, 11) is 1.60. The largest absolute Gasteiger partial charge is 0.337 e. The third-order valence-electron chi connectivity index (χ3n) is 5.01. The summed E-state index contributed by atoms with van der Waals surface area (Å²) in [5.74, 6) is 0.271. The van der Waals surface area contributed by atoms with E-state index in [4.69, 9.17) is 0 Å². The minimum atomic E-state index is -0.0427. The molecule has 0 N–H and O–H groups in total. The van der Waals surface area contributed by atoms with Crippen molar-refractivity contribution in [3.05, 3.63) is 11.9 Å². The molecule has 0 aliphatic carbocycles. The maximum absolute atomic E-state index is 12.8. The van der Waals surface area contributed by atoms with Gasteiger partial charge in [0.1, 0.15) is 5.71 Å². The minimum absolute atomic E-state index is 0.0184. The summed E-state index contributed by atoms with van der Waals surface area (Å²) in [4.78, 5) is 26.2. The number of aromatic nitrogens is 3. The summed E-state index contributed by atoms with van der Waals surface area (Å²) in [6.45, 7) is 8.56. The van der Waals surface area contributed by atoms with Gasteiger partial charge in [-0.2, -0.15) is 5.10 Å². The molecule has 1 fully saturated rings. The van der Waals surface area contributed by atoms with E-state index in [1.165, 1.54) is 5.01 Å². The Bertz CT molecular complexity index is 718. The molecule has 8 heteroatoms. The Kier molecular flexibility index (Phi) is 5.11. The third kappa shape index (κ3) is 4.11. The zero-order chi connectivity index (χ0) is 18.9. The summed E-state index contributed by atoms with van der Waals surface area (Å²) in [6.07, 6.45) is 4.83. The first kappa shape index (κ1) is 18.5. The highest BCUT2D eigenvalue weighted by atomic mass is 16.2. The Morgan fingerprint density at radius 2 is 2.08 bits per heavy atom. The lowest BCUT2D eigenvalue weighted by atomic mass is 9.93. The first-order valence-corrected chi connectivity index (χ1v) is 9.28. The molecule has 2 aliphatic heterocycles. The lowest BCUT2D eigenvalue weighted by Gasteiger charge is -2.33. The fourth-order valence-corrected chi connectivity index (χ4v) is 3.40. The number of hydrogen-bond acceptors (Lipinski definition) is 5. The molecule has 0 radical (unpaired) electrons. The topological polar surface area (TPSA) is 83.7 Å². The van der Waals surface area contributed by atoms with Crippen LogP contribution in [0.3, 0.4) is 0 Å². The standard InChI is InChI=1S/C18H28N6O2/c1-18(2,3)15-12-24(21-19-15)11-13-6-5-9-23(10-13)17(26)14-7-8-16(25)22(4)20-14/h12-13H,5-11H2,1-4H3/t13-/m1/s1. The Morgan fingerprint density at radius 3 is 2.73 bits per heavy atom. The molecular formula is C18H28N6O2. The van der Waals surface area contributed by atoms with Crippen LogP contribution in [0.25, 0.3) is 0 Å². The molecule has 1 aromatic heterocycles. The number of nitrogens with zero attached hydrogens (tertiary/aromatic N) is 6. The van der Waals surface area contributed by atoms with Crippen molar-refractivity contribution in [2.45, 2.75) is 58.4 Å². The molecule has 2 aliphatic rings. The molecule has 142 valence electrons. The number of rotatable bonds is 3. The van der Waals surface area contributed by atoms with Gasteiger partial charge in [0, 0.05) is 51.1 Å². The molecule has 0 aromatic carbocycles. The number of carbonyl (C=O) groups excluding carboxylic acids is 2. The van der Waals surface area contributed by atoms with Gasteiger partial charge in [0.05, 0.1) is 5.69 Å². The average molecular weight is 360 g/mol. The molecule has 3 rings (SSSR count). The van der Waals surface area contributed by atoms with Gasteiger partial charge in [-0.1, -0.05) is 26.0 Å². The molecule has 1 atom stereocenters. The summed E-state index contributed by atoms with van der Waals surface area (Å²) in [5, 5.41) is 14.0. The highest BCUT2D eigenvalue weighted by Gasteiger charge is 2.30. The number of hydrazone groups is 1. The van der Waals surface area contributed by atoms with Crippen LogP contribution in [0.1, 0.15) is 52.1 Å². The monoisotopic (exact) mass is 360 g/mol. The van der Waals surface area contributed by atoms with Crippen LogP contribution in [-0.2, 0) is 21.5 Å². The van der Waals surface area contributed by atoms with Crippen molar-refractivity contribution in [2.75, 3.05) is 20.1 Å². The van der Waals surface area contributed by atoms with Crippen molar-refractivity contribution in [2.24, 2.45) is 11.0 Å². The average Bonchev–Trinajstić information content (AvgIpc) is 3.06. The Hall–Kier alpha value is -2.25. The minimum Gasteiger partial charge on any atom is -0.337 e. The number of carbonyl (C=O) groups is 2. The van der Waals surface area contributed by atoms with Gasteiger partial charge >= 0.3 is 0 Å². The van der Waals surface area contributed by atoms with Gasteiger partial charge in [-0.3, -0.25) is 14.3 Å². The fourth-order valence-electron chi connectivity index (χ4n) is 3.40. The molecule has 0 saturated carbocycles. The van der Waals surface area contributed by atoms with Gasteiger partial charge in [0.2, 0.25) is 5.91 Å². The molecule has 8 nitrogen and oxygen atoms in total. The first-order valence-electron chi connectivity index (χ1n) is 9.28. The van der Waals surface area contributed by atoms with Crippen LogP contribution in [0.15, 0.2) is 11.3 Å². The number of piperidine rings is 1. The quantitative estimate of drug-likeness (QED) is 0.816. The smallest absolute Gasteiger partial charge is 0.270 e. The van der Waals surface area contributed by atoms with Gasteiger partial charge in [-0.25, -0.2) is 5.01 Å². The first-order chi connectivity index (χ1) is 12.2. The highest BCUT2D eigenvalue weighted by molar-refractivity contribution is 6.39. The van der Waals surface area contributed by atoms with Crippen molar-refractivity contribution in [1.82, 2.24) is 24.9 Å². The molecule has 0 bridgehead atoms. The summed E-state index contributed by atoms with van der Waals surface area (Å²) in [6, 6.07) is 0. The van der Waals surface area contributed by atoms with Crippen LogP contribution >= 0.6 is 0 Å². The zero-order valence-electron chi connectivity index (χ0n) is 16.1. The van der Waals surface area contributed by atoms with Gasteiger partial charge in [-0.15, -0.1) is 5.10 Å². The van der Waals surface area contributed by atoms with E-state index in [0.29, 0.717) is 31.0 Å². The van der Waals surface area contributed by atoms with Crippen LogP contribution in [-0.4, -0.2) is 62.6 Å². The van der Waals surface area contributed by atoms with Gasteiger partial charge in [0.25, 0.3) is 5.91 Å². The van der Waals surface area contributed by atoms with E-state index in [2.05, 4.69) is 36.2 Å². The Morgan fingerprint density at radius 1 is 1.31 bits per heavy atom. The van der Waals surface area contributed by atoms with Crippen LogP contribution in [0, 0.1) is 5.92 Å². The lowest BCUT2D eigenvalue weighted by molar-refractivity contribution is -0.131. The summed E-state index contributed by atoms with van der Waals surface area (Å²) < 4.78 is 1.89. The maximum atomic E-state index is 12.8. The van der Waals surface area contributed by atoms with Crippen LogP contribution in [0.5, 0.6) is 0 Å². The predicted molar refractivity (Wildman–Crippen MR) is 97.5 cm³/mol. The molecule has 1 aromatic rings. The molecular weight excluding hydrogens is 332 g/mol. The predicted octanol–water partition coefficient (Wildman–Crippen LogP) is 1.42. The molecule has 26 heavy (non-hydrogen) atoms. The van der Waals surface area contributed by atoms with Crippen LogP contribution in [0.4, 0.5) is 0 Å². The van der Waals surface area contributed by atoms with E-state index in [1.807, 2.05) is 15.8 Å². The second kappa shape index (κ2) is 7.17. The Balaban J connectivity index is 1.62. The number of amides is 2.